The van der Waals surface area contributed by atoms with E-state index in [1.54, 1.807) is 17.5 Å². The van der Waals surface area contributed by atoms with Gasteiger partial charge in [-0.15, -0.1) is 11.3 Å². The fourth-order valence-electron chi connectivity index (χ4n) is 2.70. The Labute approximate surface area is 153 Å². The van der Waals surface area contributed by atoms with Gasteiger partial charge in [0.1, 0.15) is 0 Å². The lowest BCUT2D eigenvalue weighted by Crippen LogP contribution is -2.32. The second kappa shape index (κ2) is 8.08. The number of carbonyl (C=O) groups is 1. The minimum absolute atomic E-state index is 0.0366. The van der Waals surface area contributed by atoms with Crippen LogP contribution in [0, 0.1) is 13.8 Å². The summed E-state index contributed by atoms with van der Waals surface area (Å²) in [5, 5.41) is 0. The second-order valence-corrected chi connectivity index (χ2v) is 7.54. The third-order valence-corrected chi connectivity index (χ3v) is 5.09. The number of nitrogens with zero attached hydrogens (tertiary/aromatic N) is 2. The fourth-order valence-corrected chi connectivity index (χ4v) is 3.60. The van der Waals surface area contributed by atoms with Crippen LogP contribution in [0.5, 0.6) is 0 Å². The van der Waals surface area contributed by atoms with Crippen molar-refractivity contribution in [3.8, 4) is 0 Å². The molecule has 2 heterocycles. The van der Waals surface area contributed by atoms with E-state index < -0.39 is 0 Å². The third-order valence-electron chi connectivity index (χ3n) is 4.10. The molecule has 0 aliphatic carbocycles. The van der Waals surface area contributed by atoms with Crippen molar-refractivity contribution in [3.63, 3.8) is 0 Å². The van der Waals surface area contributed by atoms with Crippen LogP contribution in [0.3, 0.4) is 0 Å². The highest BCUT2D eigenvalue weighted by Crippen LogP contribution is 2.19. The molecule has 0 fully saturated rings. The number of hydrogen-bond acceptors (Lipinski definition) is 3. The van der Waals surface area contributed by atoms with Crippen LogP contribution in [0.4, 0.5) is 0 Å². The Morgan fingerprint density at radius 1 is 1.04 bits per heavy atom. The van der Waals surface area contributed by atoms with Crippen molar-refractivity contribution in [2.75, 3.05) is 6.54 Å². The number of benzene rings is 1. The number of carbonyl (C=O) groups excluding carboxylic acids is 1. The lowest BCUT2D eigenvalue weighted by atomic mass is 10.1. The number of amides is 1. The van der Waals surface area contributed by atoms with Crippen molar-refractivity contribution >= 4 is 17.2 Å². The minimum atomic E-state index is 0.0366. The summed E-state index contributed by atoms with van der Waals surface area (Å²) >= 11 is 1.74. The monoisotopic (exact) mass is 350 g/mol. The molecule has 1 aromatic carbocycles. The quantitative estimate of drug-likeness (QED) is 0.648. The lowest BCUT2D eigenvalue weighted by Gasteiger charge is -2.22. The van der Waals surface area contributed by atoms with E-state index in [9.17, 15) is 4.79 Å². The second-order valence-electron chi connectivity index (χ2n) is 6.16. The predicted octanol–water partition coefficient (Wildman–Crippen LogP) is 4.65. The summed E-state index contributed by atoms with van der Waals surface area (Å²) in [6.07, 6.45) is 2.52. The normalized spacial score (nSPS) is 10.6. The molecule has 0 aliphatic heterocycles. The van der Waals surface area contributed by atoms with Gasteiger partial charge in [0, 0.05) is 28.2 Å². The van der Waals surface area contributed by atoms with E-state index in [0.29, 0.717) is 18.7 Å². The average molecular weight is 350 g/mol. The molecule has 0 atom stereocenters. The summed E-state index contributed by atoms with van der Waals surface area (Å²) in [7, 11) is 0. The van der Waals surface area contributed by atoms with Crippen molar-refractivity contribution in [2.24, 2.45) is 0 Å². The first-order chi connectivity index (χ1) is 12.1. The van der Waals surface area contributed by atoms with E-state index in [1.165, 1.54) is 15.3 Å². The van der Waals surface area contributed by atoms with Crippen molar-refractivity contribution in [1.82, 2.24) is 9.88 Å². The maximum atomic E-state index is 13.0. The zero-order chi connectivity index (χ0) is 17.6. The number of rotatable bonds is 6. The standard InChI is InChI=1S/C21H22N2OS/c1-16-8-10-19(14-22-16)21(24)23(15-20-11-9-17(2)25-20)13-12-18-6-4-3-5-7-18/h3-11,14H,12-13,15H2,1-2H3. The van der Waals surface area contributed by atoms with Gasteiger partial charge in [-0.1, -0.05) is 30.3 Å². The molecule has 4 heteroatoms. The zero-order valence-corrected chi connectivity index (χ0v) is 15.4. The SMILES string of the molecule is Cc1ccc(C(=O)N(CCc2ccccc2)Cc2ccc(C)s2)cn1. The molecule has 0 N–H and O–H groups in total. The summed E-state index contributed by atoms with van der Waals surface area (Å²) < 4.78 is 0. The molecule has 0 bridgehead atoms. The molecule has 0 aliphatic rings. The van der Waals surface area contributed by atoms with Crippen LogP contribution in [0.15, 0.2) is 60.8 Å². The maximum Gasteiger partial charge on any atom is 0.255 e. The summed E-state index contributed by atoms with van der Waals surface area (Å²) in [4.78, 5) is 21.6. The highest BCUT2D eigenvalue weighted by Gasteiger charge is 2.17. The van der Waals surface area contributed by atoms with Gasteiger partial charge in [-0.2, -0.15) is 0 Å². The Morgan fingerprint density at radius 2 is 1.84 bits per heavy atom. The minimum Gasteiger partial charge on any atom is -0.333 e. The lowest BCUT2D eigenvalue weighted by molar-refractivity contribution is 0.0746. The molecule has 25 heavy (non-hydrogen) atoms. The van der Waals surface area contributed by atoms with Gasteiger partial charge in [0.15, 0.2) is 0 Å². The van der Waals surface area contributed by atoms with Gasteiger partial charge in [-0.3, -0.25) is 9.78 Å². The Morgan fingerprint density at radius 3 is 2.48 bits per heavy atom. The van der Waals surface area contributed by atoms with Crippen LogP contribution in [0.2, 0.25) is 0 Å². The fraction of sp³-hybridized carbons (Fsp3) is 0.238. The molecule has 3 nitrogen and oxygen atoms in total. The maximum absolute atomic E-state index is 13.0. The van der Waals surface area contributed by atoms with Crippen LogP contribution in [0.1, 0.15) is 31.4 Å². The van der Waals surface area contributed by atoms with E-state index in [4.69, 9.17) is 0 Å². The summed E-state index contributed by atoms with van der Waals surface area (Å²) in [6, 6.07) is 18.2. The van der Waals surface area contributed by atoms with Gasteiger partial charge in [0.05, 0.1) is 12.1 Å². The molecule has 0 spiro atoms. The smallest absolute Gasteiger partial charge is 0.255 e. The Hall–Kier alpha value is -2.46. The van der Waals surface area contributed by atoms with Crippen LogP contribution >= 0.6 is 11.3 Å². The highest BCUT2D eigenvalue weighted by atomic mass is 32.1. The van der Waals surface area contributed by atoms with E-state index >= 15 is 0 Å². The van der Waals surface area contributed by atoms with Crippen molar-refractivity contribution in [2.45, 2.75) is 26.8 Å². The van der Waals surface area contributed by atoms with Crippen molar-refractivity contribution in [1.29, 1.82) is 0 Å². The number of hydrogen-bond donors (Lipinski definition) is 0. The predicted molar refractivity (Wildman–Crippen MR) is 103 cm³/mol. The molecule has 3 aromatic rings. The molecule has 128 valence electrons. The number of thiophene rings is 1. The Kier molecular flexibility index (Phi) is 5.61. The van der Waals surface area contributed by atoms with Crippen LogP contribution in [0.25, 0.3) is 0 Å². The summed E-state index contributed by atoms with van der Waals surface area (Å²) in [5.74, 6) is 0.0366. The number of aryl methyl sites for hydroxylation is 2. The van der Waals surface area contributed by atoms with E-state index in [0.717, 1.165) is 12.1 Å². The first kappa shape index (κ1) is 17.4. The van der Waals surface area contributed by atoms with E-state index in [-0.39, 0.29) is 5.91 Å². The highest BCUT2D eigenvalue weighted by molar-refractivity contribution is 7.11. The summed E-state index contributed by atoms with van der Waals surface area (Å²) in [5.41, 5.74) is 2.80. The van der Waals surface area contributed by atoms with Crippen molar-refractivity contribution in [3.05, 3.63) is 87.4 Å². The van der Waals surface area contributed by atoms with Gasteiger partial charge in [-0.25, -0.2) is 0 Å². The topological polar surface area (TPSA) is 33.2 Å². The first-order valence-electron chi connectivity index (χ1n) is 8.43. The molecular weight excluding hydrogens is 328 g/mol. The molecular formula is C21H22N2OS. The molecule has 2 aromatic heterocycles. The molecule has 1 amide bonds. The van der Waals surface area contributed by atoms with Gasteiger partial charge >= 0.3 is 0 Å². The van der Waals surface area contributed by atoms with E-state index in [1.807, 2.05) is 42.2 Å². The Bertz CT molecular complexity index is 825. The molecule has 0 radical (unpaired) electrons. The largest absolute Gasteiger partial charge is 0.333 e. The van der Waals surface area contributed by atoms with Gasteiger partial charge in [0.25, 0.3) is 5.91 Å². The van der Waals surface area contributed by atoms with Crippen molar-refractivity contribution < 1.29 is 4.79 Å². The van der Waals surface area contributed by atoms with Gasteiger partial charge in [-0.05, 0) is 50.1 Å². The third kappa shape index (κ3) is 4.77. The number of aromatic nitrogens is 1. The van der Waals surface area contributed by atoms with Gasteiger partial charge < -0.3 is 4.90 Å². The van der Waals surface area contributed by atoms with Crippen LogP contribution in [-0.4, -0.2) is 22.3 Å². The van der Waals surface area contributed by atoms with E-state index in [2.05, 4.69) is 36.2 Å². The molecule has 0 saturated carbocycles. The number of pyridine rings is 1. The first-order valence-corrected chi connectivity index (χ1v) is 9.24. The average Bonchev–Trinajstić information content (AvgIpc) is 3.04. The molecule has 3 rings (SSSR count). The van der Waals surface area contributed by atoms with Gasteiger partial charge in [0.2, 0.25) is 0 Å². The molecule has 0 saturated heterocycles. The van der Waals surface area contributed by atoms with Crippen LogP contribution in [-0.2, 0) is 13.0 Å². The zero-order valence-electron chi connectivity index (χ0n) is 14.6. The Balaban J connectivity index is 1.77. The summed E-state index contributed by atoms with van der Waals surface area (Å²) in [6.45, 7) is 5.34. The van der Waals surface area contributed by atoms with Crippen LogP contribution < -0.4 is 0 Å². The molecule has 0 unspecified atom stereocenters.